The van der Waals surface area contributed by atoms with Crippen LogP contribution in [0.5, 0.6) is 5.75 Å². The first-order valence-electron chi connectivity index (χ1n) is 8.09. The first-order valence-corrected chi connectivity index (χ1v) is 8.09. The van der Waals surface area contributed by atoms with Crippen LogP contribution in [-0.4, -0.2) is 26.7 Å². The van der Waals surface area contributed by atoms with Gasteiger partial charge >= 0.3 is 0 Å². The molecule has 8 heteroatoms. The molecule has 2 amide bonds. The number of aryl methyl sites for hydroxylation is 1. The summed E-state index contributed by atoms with van der Waals surface area (Å²) in [6.07, 6.45) is 0. The van der Waals surface area contributed by atoms with Gasteiger partial charge in [0.25, 0.3) is 11.8 Å². The van der Waals surface area contributed by atoms with Crippen molar-refractivity contribution in [3.05, 3.63) is 76.9 Å². The van der Waals surface area contributed by atoms with Crippen molar-refractivity contribution in [3.8, 4) is 11.4 Å². The maximum atomic E-state index is 13.1. The second-order valence-corrected chi connectivity index (χ2v) is 5.86. The molecule has 3 aromatic rings. The molecule has 0 saturated heterocycles. The van der Waals surface area contributed by atoms with Crippen LogP contribution >= 0.6 is 0 Å². The Bertz CT molecular complexity index is 1010. The van der Waals surface area contributed by atoms with Crippen molar-refractivity contribution in [1.82, 2.24) is 20.6 Å². The van der Waals surface area contributed by atoms with E-state index in [1.54, 1.807) is 38.1 Å². The van der Waals surface area contributed by atoms with E-state index < -0.39 is 11.8 Å². The highest BCUT2D eigenvalue weighted by Gasteiger charge is 2.20. The predicted octanol–water partition coefficient (Wildman–Crippen LogP) is 2.41. The van der Waals surface area contributed by atoms with Crippen LogP contribution in [0.25, 0.3) is 5.69 Å². The smallest absolute Gasteiger partial charge is 0.273 e. The second-order valence-electron chi connectivity index (χ2n) is 5.86. The van der Waals surface area contributed by atoms with Gasteiger partial charge in [-0.1, -0.05) is 12.1 Å². The molecule has 27 heavy (non-hydrogen) atoms. The highest BCUT2D eigenvalue weighted by Crippen LogP contribution is 2.18. The number of hydrazine groups is 1. The first-order chi connectivity index (χ1) is 12.9. The predicted molar refractivity (Wildman–Crippen MR) is 96.0 cm³/mol. The van der Waals surface area contributed by atoms with Gasteiger partial charge in [0.1, 0.15) is 11.6 Å². The molecule has 0 saturated carbocycles. The second kappa shape index (κ2) is 7.28. The monoisotopic (exact) mass is 368 g/mol. The van der Waals surface area contributed by atoms with E-state index >= 15 is 0 Å². The number of halogens is 1. The fourth-order valence-electron chi connectivity index (χ4n) is 2.71. The summed E-state index contributed by atoms with van der Waals surface area (Å²) >= 11 is 0. The Labute approximate surface area is 154 Å². The molecule has 0 aliphatic rings. The molecule has 3 rings (SSSR count). The number of rotatable bonds is 3. The third kappa shape index (κ3) is 3.64. The zero-order valence-corrected chi connectivity index (χ0v) is 14.7. The number of carbonyl (C=O) groups is 2. The lowest BCUT2D eigenvalue weighted by atomic mass is 10.2. The lowest BCUT2D eigenvalue weighted by molar-refractivity contribution is 0.0844. The molecular formula is C19H17FN4O3. The largest absolute Gasteiger partial charge is 0.507 e. The van der Waals surface area contributed by atoms with Gasteiger partial charge in [-0.3, -0.25) is 20.4 Å². The zero-order valence-electron chi connectivity index (χ0n) is 14.7. The summed E-state index contributed by atoms with van der Waals surface area (Å²) in [5, 5.41) is 14.0. The van der Waals surface area contributed by atoms with Gasteiger partial charge in [0.15, 0.2) is 0 Å². The summed E-state index contributed by atoms with van der Waals surface area (Å²) in [5.74, 6) is -1.77. The fraction of sp³-hybridized carbons (Fsp3) is 0.105. The number of amides is 2. The Morgan fingerprint density at radius 2 is 1.63 bits per heavy atom. The van der Waals surface area contributed by atoms with Crippen LogP contribution in [0.3, 0.4) is 0 Å². The van der Waals surface area contributed by atoms with Crippen LogP contribution in [0, 0.1) is 19.7 Å². The molecular weight excluding hydrogens is 351 g/mol. The summed E-state index contributed by atoms with van der Waals surface area (Å²) in [6.45, 7) is 3.36. The standard InChI is InChI=1S/C19H17FN4O3/c1-11-17(12(2)24(23-11)14-9-7-13(20)8-10-14)19(27)22-21-18(26)15-5-3-4-6-16(15)25/h3-10,25H,1-2H3,(H,21,26)(H,22,27). The number of phenolic OH excluding ortho intramolecular Hbond substituents is 1. The van der Waals surface area contributed by atoms with E-state index in [1.165, 1.54) is 28.9 Å². The minimum absolute atomic E-state index is 0.0354. The minimum Gasteiger partial charge on any atom is -0.507 e. The molecule has 7 nitrogen and oxygen atoms in total. The third-order valence-corrected chi connectivity index (χ3v) is 4.03. The van der Waals surface area contributed by atoms with Crippen LogP contribution < -0.4 is 10.9 Å². The van der Waals surface area contributed by atoms with Gasteiger partial charge in [-0.15, -0.1) is 0 Å². The van der Waals surface area contributed by atoms with Gasteiger partial charge in [0.2, 0.25) is 0 Å². The van der Waals surface area contributed by atoms with Crippen molar-refractivity contribution in [3.63, 3.8) is 0 Å². The Kier molecular flexibility index (Phi) is 4.89. The van der Waals surface area contributed by atoms with Crippen molar-refractivity contribution >= 4 is 11.8 Å². The summed E-state index contributed by atoms with van der Waals surface area (Å²) in [7, 11) is 0. The van der Waals surface area contributed by atoms with E-state index in [4.69, 9.17) is 0 Å². The van der Waals surface area contributed by atoms with E-state index in [1.807, 2.05) is 0 Å². The highest BCUT2D eigenvalue weighted by atomic mass is 19.1. The van der Waals surface area contributed by atoms with Crippen molar-refractivity contribution in [1.29, 1.82) is 0 Å². The highest BCUT2D eigenvalue weighted by molar-refractivity contribution is 6.01. The Morgan fingerprint density at radius 3 is 2.30 bits per heavy atom. The molecule has 0 radical (unpaired) electrons. The van der Waals surface area contributed by atoms with Gasteiger partial charge in [-0.25, -0.2) is 9.07 Å². The Morgan fingerprint density at radius 1 is 1.00 bits per heavy atom. The lowest BCUT2D eigenvalue weighted by Crippen LogP contribution is -2.42. The summed E-state index contributed by atoms with van der Waals surface area (Å²) < 4.78 is 14.6. The molecule has 138 valence electrons. The summed E-state index contributed by atoms with van der Waals surface area (Å²) in [4.78, 5) is 24.6. The van der Waals surface area contributed by atoms with E-state index in [2.05, 4.69) is 16.0 Å². The van der Waals surface area contributed by atoms with Crippen molar-refractivity contribution in [2.45, 2.75) is 13.8 Å². The molecule has 0 aliphatic heterocycles. The molecule has 0 fully saturated rings. The SMILES string of the molecule is Cc1nn(-c2ccc(F)cc2)c(C)c1C(=O)NNC(=O)c1ccccc1O. The van der Waals surface area contributed by atoms with Crippen LogP contribution in [0.2, 0.25) is 0 Å². The first kappa shape index (κ1) is 18.1. The molecule has 0 atom stereocenters. The van der Waals surface area contributed by atoms with E-state index in [0.29, 0.717) is 17.1 Å². The van der Waals surface area contributed by atoms with Crippen LogP contribution in [0.1, 0.15) is 32.1 Å². The number of hydrogen-bond acceptors (Lipinski definition) is 4. The average Bonchev–Trinajstić information content (AvgIpc) is 2.95. The lowest BCUT2D eigenvalue weighted by Gasteiger charge is -2.09. The van der Waals surface area contributed by atoms with Crippen LogP contribution in [0.15, 0.2) is 48.5 Å². The number of carbonyl (C=O) groups excluding carboxylic acids is 2. The third-order valence-electron chi connectivity index (χ3n) is 4.03. The molecule has 0 aliphatic carbocycles. The maximum absolute atomic E-state index is 13.1. The average molecular weight is 368 g/mol. The zero-order chi connectivity index (χ0) is 19.6. The number of nitrogens with zero attached hydrogens (tertiary/aromatic N) is 2. The van der Waals surface area contributed by atoms with Gasteiger partial charge < -0.3 is 5.11 Å². The quantitative estimate of drug-likeness (QED) is 0.619. The molecule has 1 heterocycles. The maximum Gasteiger partial charge on any atom is 0.273 e. The van der Waals surface area contributed by atoms with Crippen molar-refractivity contribution in [2.75, 3.05) is 0 Å². The number of aromatic nitrogens is 2. The van der Waals surface area contributed by atoms with Crippen LogP contribution in [0.4, 0.5) is 4.39 Å². The van der Waals surface area contributed by atoms with E-state index in [0.717, 1.165) is 0 Å². The van der Waals surface area contributed by atoms with Gasteiger partial charge in [-0.2, -0.15) is 5.10 Å². The van der Waals surface area contributed by atoms with E-state index in [9.17, 15) is 19.1 Å². The Balaban J connectivity index is 1.78. The van der Waals surface area contributed by atoms with Gasteiger partial charge in [-0.05, 0) is 50.2 Å². The summed E-state index contributed by atoms with van der Waals surface area (Å²) in [6, 6.07) is 11.7. The minimum atomic E-state index is -0.650. The molecule has 2 aromatic carbocycles. The fourth-order valence-corrected chi connectivity index (χ4v) is 2.71. The number of hydrogen-bond donors (Lipinski definition) is 3. The normalized spacial score (nSPS) is 10.5. The topological polar surface area (TPSA) is 96.3 Å². The van der Waals surface area contributed by atoms with Crippen LogP contribution in [-0.2, 0) is 0 Å². The number of phenols is 1. The number of nitrogens with one attached hydrogen (secondary N) is 2. The molecule has 0 unspecified atom stereocenters. The number of para-hydroxylation sites is 1. The van der Waals surface area contributed by atoms with E-state index in [-0.39, 0.29) is 22.7 Å². The molecule has 1 aromatic heterocycles. The molecule has 0 spiro atoms. The number of aromatic hydroxyl groups is 1. The van der Waals surface area contributed by atoms with Crippen molar-refractivity contribution in [2.24, 2.45) is 0 Å². The molecule has 3 N–H and O–H groups in total. The van der Waals surface area contributed by atoms with Gasteiger partial charge in [0, 0.05) is 0 Å². The summed E-state index contributed by atoms with van der Waals surface area (Å²) in [5.41, 5.74) is 6.50. The number of benzene rings is 2. The van der Waals surface area contributed by atoms with Crippen molar-refractivity contribution < 1.29 is 19.1 Å². The Hall–Kier alpha value is -3.68. The molecule has 0 bridgehead atoms. The van der Waals surface area contributed by atoms with Gasteiger partial charge in [0.05, 0.1) is 28.2 Å².